The van der Waals surface area contributed by atoms with Crippen molar-refractivity contribution in [2.45, 2.75) is 25.8 Å². The molecule has 0 aliphatic rings. The van der Waals surface area contributed by atoms with E-state index in [-0.39, 0.29) is 41.9 Å². The number of aliphatic carboxylic acids is 1. The van der Waals surface area contributed by atoms with Crippen molar-refractivity contribution in [2.24, 2.45) is 0 Å². The average Bonchev–Trinajstić information content (AvgIpc) is 2.60. The van der Waals surface area contributed by atoms with Crippen LogP contribution in [-0.2, 0) is 17.8 Å². The summed E-state index contributed by atoms with van der Waals surface area (Å²) >= 11 is 5.94. The van der Waals surface area contributed by atoms with Crippen LogP contribution in [0.2, 0.25) is 5.02 Å². The van der Waals surface area contributed by atoms with Crippen LogP contribution in [0.1, 0.15) is 34.3 Å². The van der Waals surface area contributed by atoms with Crippen molar-refractivity contribution in [3.05, 3.63) is 64.2 Å². The fourth-order valence-corrected chi connectivity index (χ4v) is 2.57. The third kappa shape index (κ3) is 7.00. The first kappa shape index (κ1) is 22.5. The summed E-state index contributed by atoms with van der Waals surface area (Å²) in [6.45, 7) is 0.369. The Bertz CT molecular complexity index is 750. The van der Waals surface area contributed by atoms with E-state index in [0.717, 1.165) is 11.1 Å². The van der Waals surface area contributed by atoms with Gasteiger partial charge < -0.3 is 20.0 Å². The average molecular weight is 384 g/mol. The summed E-state index contributed by atoms with van der Waals surface area (Å²) in [5.74, 6) is -0.835. The number of methoxy groups -OCH3 is 1. The number of nitrogens with one attached hydrogen (secondary N) is 1. The van der Waals surface area contributed by atoms with Crippen molar-refractivity contribution in [3.63, 3.8) is 0 Å². The van der Waals surface area contributed by atoms with Crippen molar-refractivity contribution in [1.29, 1.82) is 0 Å². The Labute approximate surface area is 180 Å². The van der Waals surface area contributed by atoms with Crippen molar-refractivity contribution < 1.29 is 49.0 Å². The Hall–Kier alpha value is -1.53. The van der Waals surface area contributed by atoms with Crippen LogP contribution in [0.4, 0.5) is 0 Å². The monoisotopic (exact) mass is 383 g/mol. The molecule has 0 spiro atoms. The van der Waals surface area contributed by atoms with Gasteiger partial charge in [-0.2, -0.15) is 0 Å². The molecule has 5 nitrogen and oxygen atoms in total. The fourth-order valence-electron chi connectivity index (χ4n) is 2.40. The summed E-state index contributed by atoms with van der Waals surface area (Å²) in [5, 5.41) is 13.7. The summed E-state index contributed by atoms with van der Waals surface area (Å²) in [4.78, 5) is 22.7. The number of rotatable bonds is 8. The van der Waals surface area contributed by atoms with E-state index in [2.05, 4.69) is 5.32 Å². The van der Waals surface area contributed by atoms with Crippen LogP contribution in [0.25, 0.3) is 0 Å². The second-order valence-electron chi connectivity index (χ2n) is 5.57. The van der Waals surface area contributed by atoms with E-state index in [1.54, 1.807) is 18.2 Å². The molecule has 1 amide bonds. The second kappa shape index (κ2) is 11.2. The van der Waals surface area contributed by atoms with E-state index in [1.165, 1.54) is 7.11 Å². The van der Waals surface area contributed by atoms with Crippen LogP contribution in [0.5, 0.6) is 5.75 Å². The molecule has 0 aliphatic carbocycles. The number of hydrogen-bond acceptors (Lipinski definition) is 4. The molecule has 1 N–H and O–H groups in total. The van der Waals surface area contributed by atoms with Crippen LogP contribution < -0.4 is 44.7 Å². The van der Waals surface area contributed by atoms with Gasteiger partial charge in [0, 0.05) is 17.5 Å². The molecule has 0 saturated heterocycles. The van der Waals surface area contributed by atoms with Gasteiger partial charge in [-0.05, 0) is 48.6 Å². The van der Waals surface area contributed by atoms with Crippen LogP contribution >= 0.6 is 11.6 Å². The van der Waals surface area contributed by atoms with Gasteiger partial charge in [-0.25, -0.2) is 0 Å². The number of ether oxygens (including phenoxy) is 1. The minimum atomic E-state index is -1.03. The summed E-state index contributed by atoms with van der Waals surface area (Å²) < 4.78 is 5.18. The van der Waals surface area contributed by atoms with E-state index in [4.69, 9.17) is 16.3 Å². The number of carboxylic acid groups (broad SMARTS) is 1. The van der Waals surface area contributed by atoms with Crippen molar-refractivity contribution >= 4 is 23.5 Å². The van der Waals surface area contributed by atoms with Crippen molar-refractivity contribution in [2.75, 3.05) is 7.11 Å². The second-order valence-corrected chi connectivity index (χ2v) is 6.01. The topological polar surface area (TPSA) is 78.5 Å². The van der Waals surface area contributed by atoms with Gasteiger partial charge >= 0.3 is 29.6 Å². The molecule has 26 heavy (non-hydrogen) atoms. The molecule has 0 aromatic heterocycles. The number of benzene rings is 2. The fraction of sp³-hybridized carbons (Fsp3) is 0.263. The number of halogens is 1. The quantitative estimate of drug-likeness (QED) is 0.615. The zero-order valence-electron chi connectivity index (χ0n) is 14.9. The van der Waals surface area contributed by atoms with Crippen LogP contribution in [0.3, 0.4) is 0 Å². The standard InChI is InChI=1S/C19H20ClNO4.Na/c1-25-17-10-9-15(20)11-16(17)19(24)21-12-14-7-5-13(6-8-14)3-2-4-18(22)23;/h5-11H,2-4,12H2,1H3,(H,21,24)(H,22,23);/q;+1/p-1. The molecular formula is C19H19ClNNaO4. The predicted octanol–water partition coefficient (Wildman–Crippen LogP) is -0.645. The van der Waals surface area contributed by atoms with Crippen molar-refractivity contribution in [1.82, 2.24) is 5.32 Å². The largest absolute Gasteiger partial charge is 1.00 e. The summed E-state index contributed by atoms with van der Waals surface area (Å²) in [6.07, 6.45) is 1.28. The Morgan fingerprint density at radius 1 is 1.12 bits per heavy atom. The van der Waals surface area contributed by atoms with Gasteiger partial charge in [0.15, 0.2) is 0 Å². The number of hydrogen-bond donors (Lipinski definition) is 1. The van der Waals surface area contributed by atoms with Crippen molar-refractivity contribution in [3.8, 4) is 5.75 Å². The summed E-state index contributed by atoms with van der Waals surface area (Å²) in [7, 11) is 1.50. The van der Waals surface area contributed by atoms with Gasteiger partial charge in [0.1, 0.15) is 5.75 Å². The zero-order chi connectivity index (χ0) is 18.2. The van der Waals surface area contributed by atoms with Crippen LogP contribution in [0.15, 0.2) is 42.5 Å². The van der Waals surface area contributed by atoms with E-state index in [0.29, 0.717) is 35.7 Å². The molecule has 0 aliphatic heterocycles. The number of amides is 1. The molecule has 2 aromatic carbocycles. The van der Waals surface area contributed by atoms with Crippen LogP contribution in [-0.4, -0.2) is 19.0 Å². The Kier molecular flexibility index (Phi) is 9.73. The summed E-state index contributed by atoms with van der Waals surface area (Å²) in [6, 6.07) is 12.5. The third-order valence-corrected chi connectivity index (χ3v) is 3.96. The normalized spacial score (nSPS) is 9.92. The minimum absolute atomic E-state index is 0. The van der Waals surface area contributed by atoms with Gasteiger partial charge in [0.05, 0.1) is 12.7 Å². The SMILES string of the molecule is COc1ccc(Cl)cc1C(=O)NCc1ccc(CCCC(=O)[O-])cc1.[Na+]. The van der Waals surface area contributed by atoms with E-state index in [9.17, 15) is 14.7 Å². The van der Waals surface area contributed by atoms with Gasteiger partial charge in [0.25, 0.3) is 5.91 Å². The molecule has 0 bridgehead atoms. The predicted molar refractivity (Wildman–Crippen MR) is 93.6 cm³/mol. The molecule has 2 aromatic rings. The minimum Gasteiger partial charge on any atom is -0.550 e. The van der Waals surface area contributed by atoms with Gasteiger partial charge in [-0.15, -0.1) is 0 Å². The summed E-state index contributed by atoms with van der Waals surface area (Å²) in [5.41, 5.74) is 2.37. The molecule has 0 fully saturated rings. The first-order valence-electron chi connectivity index (χ1n) is 7.89. The number of aryl methyl sites for hydroxylation is 1. The molecule has 7 heteroatoms. The van der Waals surface area contributed by atoms with Gasteiger partial charge in [0.2, 0.25) is 0 Å². The first-order valence-corrected chi connectivity index (χ1v) is 8.27. The zero-order valence-corrected chi connectivity index (χ0v) is 17.6. The van der Waals surface area contributed by atoms with Gasteiger partial charge in [-0.3, -0.25) is 4.79 Å². The Morgan fingerprint density at radius 2 is 1.77 bits per heavy atom. The maximum atomic E-state index is 12.3. The molecule has 0 saturated carbocycles. The van der Waals surface area contributed by atoms with E-state index < -0.39 is 5.97 Å². The maximum absolute atomic E-state index is 12.3. The molecule has 0 heterocycles. The molecule has 0 atom stereocenters. The van der Waals surface area contributed by atoms with Crippen LogP contribution in [0, 0.1) is 0 Å². The molecule has 0 radical (unpaired) electrons. The number of carboxylic acids is 1. The van der Waals surface area contributed by atoms with E-state index in [1.807, 2.05) is 24.3 Å². The van der Waals surface area contributed by atoms with Gasteiger partial charge in [-0.1, -0.05) is 35.9 Å². The Morgan fingerprint density at radius 3 is 2.38 bits per heavy atom. The number of carbonyl (C=O) groups is 2. The molecule has 2 rings (SSSR count). The number of carbonyl (C=O) groups excluding carboxylic acids is 2. The van der Waals surface area contributed by atoms with E-state index >= 15 is 0 Å². The Balaban J connectivity index is 0.00000338. The molecule has 132 valence electrons. The third-order valence-electron chi connectivity index (χ3n) is 3.73. The maximum Gasteiger partial charge on any atom is 1.00 e. The smallest absolute Gasteiger partial charge is 0.550 e. The molecule has 0 unspecified atom stereocenters. The molecular weight excluding hydrogens is 365 g/mol. The first-order chi connectivity index (χ1) is 12.0.